The fourth-order valence-corrected chi connectivity index (χ4v) is 4.63. The number of hydrogen-bond acceptors (Lipinski definition) is 5. The molecule has 0 fully saturated rings. The van der Waals surface area contributed by atoms with Crippen molar-refractivity contribution in [2.24, 2.45) is 0 Å². The molecule has 2 aliphatic rings. The Balaban J connectivity index is 1.67. The largest absolute Gasteiger partial charge is 0.512 e. The van der Waals surface area contributed by atoms with Crippen LogP contribution in [0.15, 0.2) is 65.1 Å². The third kappa shape index (κ3) is 4.81. The second kappa shape index (κ2) is 9.79. The quantitative estimate of drug-likeness (QED) is 0.519. The van der Waals surface area contributed by atoms with E-state index < -0.39 is 11.7 Å². The molecule has 0 atom stereocenters. The second-order valence-electron chi connectivity index (χ2n) is 8.27. The molecule has 2 aromatic rings. The number of aliphatic hydroxyl groups excluding tert-OH is 2. The minimum Gasteiger partial charge on any atom is -0.512 e. The lowest BCUT2D eigenvalue weighted by Gasteiger charge is -2.28. The van der Waals surface area contributed by atoms with E-state index in [1.54, 1.807) is 30.3 Å². The zero-order valence-electron chi connectivity index (χ0n) is 17.9. The zero-order chi connectivity index (χ0) is 23.5. The number of ether oxygens (including phenoxy) is 1. The first-order chi connectivity index (χ1) is 15.9. The van der Waals surface area contributed by atoms with E-state index in [0.717, 1.165) is 0 Å². The number of hydrogen-bond donors (Lipinski definition) is 2. The number of benzene rings is 2. The molecule has 172 valence electrons. The Morgan fingerprint density at radius 2 is 1.45 bits per heavy atom. The molecule has 0 saturated carbocycles. The zero-order valence-corrected chi connectivity index (χ0v) is 18.7. The van der Waals surface area contributed by atoms with Crippen LogP contribution in [-0.4, -0.2) is 21.8 Å². The molecular formula is C26H24ClFO5. The van der Waals surface area contributed by atoms with Gasteiger partial charge in [-0.05, 0) is 42.7 Å². The smallest absolute Gasteiger partial charge is 0.163 e. The van der Waals surface area contributed by atoms with Crippen LogP contribution in [0.25, 0.3) is 0 Å². The fraction of sp³-hybridized carbons (Fsp3) is 0.308. The fourth-order valence-electron chi connectivity index (χ4n) is 4.41. The highest BCUT2D eigenvalue weighted by molar-refractivity contribution is 6.31. The monoisotopic (exact) mass is 470 g/mol. The number of rotatable bonds is 6. The number of ketones is 2. The Morgan fingerprint density at radius 3 is 1.97 bits per heavy atom. The van der Waals surface area contributed by atoms with Gasteiger partial charge in [-0.1, -0.05) is 29.8 Å². The molecule has 0 bridgehead atoms. The van der Waals surface area contributed by atoms with E-state index in [0.29, 0.717) is 37.0 Å². The van der Waals surface area contributed by atoms with Crippen molar-refractivity contribution in [2.75, 3.05) is 0 Å². The molecule has 0 saturated heterocycles. The summed E-state index contributed by atoms with van der Waals surface area (Å²) in [6, 6.07) is 11.1. The van der Waals surface area contributed by atoms with Gasteiger partial charge in [0, 0.05) is 48.3 Å². The average Bonchev–Trinajstić information content (AvgIpc) is 2.78. The lowest BCUT2D eigenvalue weighted by Crippen LogP contribution is -2.25. The number of carbonyl (C=O) groups is 2. The minimum absolute atomic E-state index is 0.0376. The summed E-state index contributed by atoms with van der Waals surface area (Å²) in [5.41, 5.74) is 1.17. The van der Waals surface area contributed by atoms with Crippen molar-refractivity contribution in [3.63, 3.8) is 0 Å². The van der Waals surface area contributed by atoms with Gasteiger partial charge in [-0.25, -0.2) is 4.39 Å². The standard InChI is InChI=1S/C26H24ClFO5/c27-18-4-1-5-19(28)17(18)14-33-16-12-10-15(11-13-16)24(25-20(29)6-2-7-21(25)30)26-22(31)8-3-9-23(26)32/h1,4-5,10-13,24,29,31H,2-3,6-9,14H2. The Labute approximate surface area is 196 Å². The summed E-state index contributed by atoms with van der Waals surface area (Å²) >= 11 is 6.05. The van der Waals surface area contributed by atoms with Gasteiger partial charge in [0.1, 0.15) is 18.2 Å². The maximum atomic E-state index is 14.0. The molecule has 0 aromatic heterocycles. The van der Waals surface area contributed by atoms with E-state index >= 15 is 0 Å². The van der Waals surface area contributed by atoms with Crippen LogP contribution in [0.4, 0.5) is 4.39 Å². The maximum absolute atomic E-state index is 14.0. The predicted molar refractivity (Wildman–Crippen MR) is 122 cm³/mol. The first-order valence-electron chi connectivity index (χ1n) is 10.9. The number of allylic oxidation sites excluding steroid dienone is 4. The van der Waals surface area contributed by atoms with Crippen molar-refractivity contribution < 1.29 is 28.9 Å². The van der Waals surface area contributed by atoms with Crippen molar-refractivity contribution in [2.45, 2.75) is 51.0 Å². The SMILES string of the molecule is O=C1CCCC(O)=C1C(C1=C(O)CCCC1=O)c1ccc(OCc2c(F)cccc2Cl)cc1. The van der Waals surface area contributed by atoms with Crippen LogP contribution in [0.2, 0.25) is 5.02 Å². The van der Waals surface area contributed by atoms with Crippen molar-refractivity contribution in [3.8, 4) is 5.75 Å². The predicted octanol–water partition coefficient (Wildman–Crippen LogP) is 6.27. The van der Waals surface area contributed by atoms with Gasteiger partial charge in [-0.3, -0.25) is 9.59 Å². The van der Waals surface area contributed by atoms with E-state index in [1.807, 2.05) is 0 Å². The van der Waals surface area contributed by atoms with Crippen LogP contribution in [-0.2, 0) is 16.2 Å². The highest BCUT2D eigenvalue weighted by Gasteiger charge is 2.37. The van der Waals surface area contributed by atoms with Gasteiger partial charge in [0.05, 0.1) is 16.5 Å². The normalized spacial score (nSPS) is 17.2. The summed E-state index contributed by atoms with van der Waals surface area (Å²) in [5, 5.41) is 21.4. The van der Waals surface area contributed by atoms with Crippen LogP contribution in [0.5, 0.6) is 5.75 Å². The lowest BCUT2D eigenvalue weighted by molar-refractivity contribution is -0.117. The third-order valence-electron chi connectivity index (χ3n) is 6.09. The van der Waals surface area contributed by atoms with Crippen LogP contribution in [0, 0.1) is 5.82 Å². The molecule has 2 aliphatic carbocycles. The molecule has 7 heteroatoms. The van der Waals surface area contributed by atoms with Gasteiger partial charge in [0.15, 0.2) is 11.6 Å². The average molecular weight is 471 g/mol. The number of halogens is 2. The van der Waals surface area contributed by atoms with Crippen LogP contribution in [0.3, 0.4) is 0 Å². The van der Waals surface area contributed by atoms with E-state index in [4.69, 9.17) is 16.3 Å². The molecule has 5 nitrogen and oxygen atoms in total. The van der Waals surface area contributed by atoms with Crippen LogP contribution >= 0.6 is 11.6 Å². The molecule has 0 unspecified atom stereocenters. The summed E-state index contributed by atoms with van der Waals surface area (Å²) in [5.74, 6) is -1.39. The van der Waals surface area contributed by atoms with Gasteiger partial charge in [0.2, 0.25) is 0 Å². The Hall–Kier alpha value is -3.12. The van der Waals surface area contributed by atoms with Crippen molar-refractivity contribution in [1.82, 2.24) is 0 Å². The molecule has 4 rings (SSSR count). The second-order valence-corrected chi connectivity index (χ2v) is 8.67. The highest BCUT2D eigenvalue weighted by Crippen LogP contribution is 2.42. The molecule has 0 spiro atoms. The maximum Gasteiger partial charge on any atom is 0.163 e. The Morgan fingerprint density at radius 1 is 0.879 bits per heavy atom. The van der Waals surface area contributed by atoms with E-state index in [2.05, 4.69) is 0 Å². The molecular weight excluding hydrogens is 447 g/mol. The minimum atomic E-state index is -0.847. The molecule has 2 N–H and O–H groups in total. The van der Waals surface area contributed by atoms with Gasteiger partial charge < -0.3 is 14.9 Å². The topological polar surface area (TPSA) is 83.8 Å². The van der Waals surface area contributed by atoms with Gasteiger partial charge >= 0.3 is 0 Å². The molecule has 0 radical (unpaired) electrons. The molecule has 0 amide bonds. The van der Waals surface area contributed by atoms with Gasteiger partial charge in [-0.2, -0.15) is 0 Å². The highest BCUT2D eigenvalue weighted by atomic mass is 35.5. The molecule has 0 heterocycles. The van der Waals surface area contributed by atoms with Crippen molar-refractivity contribution in [3.05, 3.63) is 87.1 Å². The molecule has 0 aliphatic heterocycles. The first kappa shape index (κ1) is 23.1. The summed E-state index contributed by atoms with van der Waals surface area (Å²) in [6.45, 7) is -0.0663. The lowest BCUT2D eigenvalue weighted by atomic mass is 9.74. The summed E-state index contributed by atoms with van der Waals surface area (Å²) < 4.78 is 19.7. The van der Waals surface area contributed by atoms with Gasteiger partial charge in [0.25, 0.3) is 0 Å². The van der Waals surface area contributed by atoms with Crippen molar-refractivity contribution in [1.29, 1.82) is 0 Å². The third-order valence-corrected chi connectivity index (χ3v) is 6.45. The summed E-state index contributed by atoms with van der Waals surface area (Å²) in [7, 11) is 0. The Kier molecular flexibility index (Phi) is 6.84. The van der Waals surface area contributed by atoms with Crippen LogP contribution in [0.1, 0.15) is 55.6 Å². The van der Waals surface area contributed by atoms with Crippen LogP contribution < -0.4 is 4.74 Å². The Bertz CT molecular complexity index is 1090. The molecule has 33 heavy (non-hydrogen) atoms. The summed E-state index contributed by atoms with van der Waals surface area (Å²) in [6.07, 6.45) is 2.36. The first-order valence-corrected chi connectivity index (χ1v) is 11.3. The number of Topliss-reactive ketones (excluding diaryl/α,β-unsaturated/α-hetero) is 2. The van der Waals surface area contributed by atoms with E-state index in [9.17, 15) is 24.2 Å². The van der Waals surface area contributed by atoms with Gasteiger partial charge in [-0.15, -0.1) is 0 Å². The van der Waals surface area contributed by atoms with E-state index in [-0.39, 0.29) is 64.3 Å². The van der Waals surface area contributed by atoms with Crippen molar-refractivity contribution >= 4 is 23.2 Å². The van der Waals surface area contributed by atoms with E-state index in [1.165, 1.54) is 12.1 Å². The number of carbonyl (C=O) groups excluding carboxylic acids is 2. The molecule has 2 aromatic carbocycles. The number of aliphatic hydroxyl groups is 2. The summed E-state index contributed by atoms with van der Waals surface area (Å²) in [4.78, 5) is 25.5.